The minimum absolute atomic E-state index is 0.482. The smallest absolute Gasteiger partial charge is 0.251 e. The quantitative estimate of drug-likeness (QED) is 0.655. The Morgan fingerprint density at radius 3 is 2.61 bits per heavy atom. The molecule has 3 aromatic rings. The van der Waals surface area contributed by atoms with Crippen LogP contribution >= 0.6 is 0 Å². The van der Waals surface area contributed by atoms with Crippen LogP contribution in [-0.2, 0) is 0 Å². The van der Waals surface area contributed by atoms with E-state index in [4.69, 9.17) is 4.42 Å². The van der Waals surface area contributed by atoms with Crippen LogP contribution in [0, 0.1) is 0 Å². The van der Waals surface area contributed by atoms with Crippen molar-refractivity contribution in [3.05, 3.63) is 48.7 Å². The second-order valence-electron chi connectivity index (χ2n) is 7.38. The Morgan fingerprint density at radius 2 is 1.79 bits per heavy atom. The van der Waals surface area contributed by atoms with E-state index in [9.17, 15) is 0 Å². The molecule has 4 rings (SSSR count). The van der Waals surface area contributed by atoms with E-state index in [1.54, 1.807) is 6.20 Å². The van der Waals surface area contributed by atoms with Gasteiger partial charge >= 0.3 is 0 Å². The van der Waals surface area contributed by atoms with E-state index < -0.39 is 0 Å². The molecule has 0 atom stereocenters. The van der Waals surface area contributed by atoms with Gasteiger partial charge in [-0.2, -0.15) is 0 Å². The average molecular weight is 377 g/mol. The summed E-state index contributed by atoms with van der Waals surface area (Å²) in [5, 5.41) is 11.9. The van der Waals surface area contributed by atoms with E-state index in [0.29, 0.717) is 17.8 Å². The summed E-state index contributed by atoms with van der Waals surface area (Å²) in [4.78, 5) is 6.96. The normalized spacial score (nSPS) is 15.1. The third-order valence-electron chi connectivity index (χ3n) is 5.44. The number of benzene rings is 1. The predicted octanol–water partition coefficient (Wildman–Crippen LogP) is 4.48. The Hall–Kier alpha value is -2.73. The molecule has 0 amide bonds. The number of hydrogen-bond donors (Lipinski definition) is 1. The van der Waals surface area contributed by atoms with E-state index in [1.807, 2.05) is 42.5 Å². The van der Waals surface area contributed by atoms with Gasteiger partial charge in [-0.25, -0.2) is 4.98 Å². The van der Waals surface area contributed by atoms with Gasteiger partial charge in [0.2, 0.25) is 5.89 Å². The zero-order chi connectivity index (χ0) is 19.2. The van der Waals surface area contributed by atoms with Gasteiger partial charge in [-0.15, -0.1) is 10.2 Å². The van der Waals surface area contributed by atoms with Crippen molar-refractivity contribution in [2.75, 3.05) is 25.5 Å². The first-order valence-electron chi connectivity index (χ1n) is 10.1. The van der Waals surface area contributed by atoms with Crippen LogP contribution in [0.15, 0.2) is 53.1 Å². The molecule has 1 aromatic carbocycles. The number of hydrogen-bond acceptors (Lipinski definition) is 6. The fourth-order valence-corrected chi connectivity index (χ4v) is 3.80. The predicted molar refractivity (Wildman–Crippen MR) is 111 cm³/mol. The van der Waals surface area contributed by atoms with Crippen molar-refractivity contribution in [3.8, 4) is 22.9 Å². The Bertz CT molecular complexity index is 873. The molecule has 2 heterocycles. The minimum atomic E-state index is 0.482. The number of rotatable bonds is 7. The van der Waals surface area contributed by atoms with Gasteiger partial charge in [0.25, 0.3) is 5.89 Å². The van der Waals surface area contributed by atoms with Gasteiger partial charge < -0.3 is 14.6 Å². The highest BCUT2D eigenvalue weighted by Crippen LogP contribution is 2.28. The maximum atomic E-state index is 5.91. The summed E-state index contributed by atoms with van der Waals surface area (Å²) in [6, 6.07) is 14.4. The van der Waals surface area contributed by atoms with E-state index in [1.165, 1.54) is 32.1 Å². The number of aromatic nitrogens is 3. The van der Waals surface area contributed by atoms with Crippen LogP contribution in [0.25, 0.3) is 22.9 Å². The lowest BCUT2D eigenvalue weighted by Crippen LogP contribution is -2.36. The molecular weight excluding hydrogens is 350 g/mol. The van der Waals surface area contributed by atoms with Crippen molar-refractivity contribution in [1.82, 2.24) is 20.1 Å². The lowest BCUT2D eigenvalue weighted by molar-refractivity contribution is 0.198. The average Bonchev–Trinajstić information content (AvgIpc) is 3.25. The highest BCUT2D eigenvalue weighted by molar-refractivity contribution is 5.69. The van der Waals surface area contributed by atoms with Crippen LogP contribution in [0.1, 0.15) is 32.1 Å². The summed E-state index contributed by atoms with van der Waals surface area (Å²) in [7, 11) is 2.22. The molecule has 0 bridgehead atoms. The summed E-state index contributed by atoms with van der Waals surface area (Å²) in [6.45, 7) is 1.82. The Morgan fingerprint density at radius 1 is 1.00 bits per heavy atom. The van der Waals surface area contributed by atoms with Crippen molar-refractivity contribution in [2.24, 2.45) is 0 Å². The fraction of sp³-hybridized carbons (Fsp3) is 0.409. The third kappa shape index (κ3) is 4.39. The monoisotopic (exact) mass is 377 g/mol. The van der Waals surface area contributed by atoms with Gasteiger partial charge in [0.15, 0.2) is 0 Å². The molecule has 1 fully saturated rings. The summed E-state index contributed by atoms with van der Waals surface area (Å²) >= 11 is 0. The molecule has 1 saturated carbocycles. The molecular formula is C22H27N5O. The first-order chi connectivity index (χ1) is 13.8. The summed E-state index contributed by atoms with van der Waals surface area (Å²) in [5.74, 6) is 1.78. The second kappa shape index (κ2) is 8.97. The first kappa shape index (κ1) is 18.6. The van der Waals surface area contributed by atoms with Gasteiger partial charge in [-0.3, -0.25) is 0 Å². The molecule has 1 aliphatic rings. The topological polar surface area (TPSA) is 67.1 Å². The minimum Gasteiger partial charge on any atom is -0.416 e. The van der Waals surface area contributed by atoms with Crippen LogP contribution in [0.5, 0.6) is 0 Å². The van der Waals surface area contributed by atoms with Crippen molar-refractivity contribution in [3.63, 3.8) is 0 Å². The van der Waals surface area contributed by atoms with Gasteiger partial charge in [0, 0.05) is 30.9 Å². The van der Waals surface area contributed by atoms with Crippen LogP contribution in [0.2, 0.25) is 0 Å². The molecule has 1 N–H and O–H groups in total. The number of nitrogens with one attached hydrogen (secondary N) is 1. The molecule has 6 nitrogen and oxygen atoms in total. The first-order valence-corrected chi connectivity index (χ1v) is 10.1. The van der Waals surface area contributed by atoms with E-state index in [0.717, 1.165) is 30.0 Å². The van der Waals surface area contributed by atoms with Crippen LogP contribution in [0.3, 0.4) is 0 Å². The molecule has 0 unspecified atom stereocenters. The molecule has 146 valence electrons. The van der Waals surface area contributed by atoms with Gasteiger partial charge in [0.05, 0.1) is 5.56 Å². The lowest BCUT2D eigenvalue weighted by Gasteiger charge is -2.31. The van der Waals surface area contributed by atoms with Crippen LogP contribution in [0.4, 0.5) is 5.82 Å². The van der Waals surface area contributed by atoms with Crippen LogP contribution < -0.4 is 5.32 Å². The molecule has 1 aliphatic carbocycles. The van der Waals surface area contributed by atoms with E-state index >= 15 is 0 Å². The van der Waals surface area contributed by atoms with E-state index in [2.05, 4.69) is 32.4 Å². The molecule has 0 spiro atoms. The SMILES string of the molecule is CN(CCNc1ncccc1-c1nnc(-c2ccccc2)o1)C1CCCCC1. The van der Waals surface area contributed by atoms with Crippen molar-refractivity contribution < 1.29 is 4.42 Å². The Balaban J connectivity index is 1.42. The van der Waals surface area contributed by atoms with Gasteiger partial charge in [-0.05, 0) is 44.2 Å². The Labute approximate surface area is 166 Å². The number of pyridine rings is 1. The van der Waals surface area contributed by atoms with Gasteiger partial charge in [0.1, 0.15) is 5.82 Å². The molecule has 2 aromatic heterocycles. The number of likely N-dealkylation sites (N-methyl/N-ethyl adjacent to an activating group) is 1. The Kier molecular flexibility index (Phi) is 5.97. The standard InChI is InChI=1S/C22H27N5O/c1-27(18-11-6-3-7-12-18)16-15-24-20-19(13-8-14-23-20)22-26-25-21(28-22)17-9-4-2-5-10-17/h2,4-5,8-10,13-14,18H,3,6-7,11-12,15-16H2,1H3,(H,23,24). The second-order valence-corrected chi connectivity index (χ2v) is 7.38. The van der Waals surface area contributed by atoms with Crippen molar-refractivity contribution >= 4 is 5.82 Å². The molecule has 6 heteroatoms. The molecule has 28 heavy (non-hydrogen) atoms. The summed E-state index contributed by atoms with van der Waals surface area (Å²) < 4.78 is 5.91. The zero-order valence-corrected chi connectivity index (χ0v) is 16.3. The maximum absolute atomic E-state index is 5.91. The zero-order valence-electron chi connectivity index (χ0n) is 16.3. The van der Waals surface area contributed by atoms with Crippen LogP contribution in [-0.4, -0.2) is 46.3 Å². The maximum Gasteiger partial charge on any atom is 0.251 e. The highest BCUT2D eigenvalue weighted by Gasteiger charge is 2.18. The molecule has 0 aliphatic heterocycles. The molecule has 0 radical (unpaired) electrons. The largest absolute Gasteiger partial charge is 0.416 e. The number of anilines is 1. The van der Waals surface area contributed by atoms with Gasteiger partial charge in [-0.1, -0.05) is 37.5 Å². The lowest BCUT2D eigenvalue weighted by atomic mass is 9.94. The number of nitrogens with zero attached hydrogens (tertiary/aromatic N) is 4. The third-order valence-corrected chi connectivity index (χ3v) is 5.44. The summed E-state index contributed by atoms with van der Waals surface area (Å²) in [6.07, 6.45) is 8.51. The van der Waals surface area contributed by atoms with Crippen molar-refractivity contribution in [2.45, 2.75) is 38.1 Å². The van der Waals surface area contributed by atoms with E-state index in [-0.39, 0.29) is 0 Å². The van der Waals surface area contributed by atoms with Crippen molar-refractivity contribution in [1.29, 1.82) is 0 Å². The highest BCUT2D eigenvalue weighted by atomic mass is 16.4. The summed E-state index contributed by atoms with van der Waals surface area (Å²) in [5.41, 5.74) is 1.74. The molecule has 0 saturated heterocycles. The fourth-order valence-electron chi connectivity index (χ4n) is 3.80.